The summed E-state index contributed by atoms with van der Waals surface area (Å²) in [5.74, 6) is -1.21. The van der Waals surface area contributed by atoms with Crippen molar-refractivity contribution in [1.29, 1.82) is 0 Å². The van der Waals surface area contributed by atoms with Gasteiger partial charge in [0, 0.05) is 6.04 Å². The molecule has 0 saturated heterocycles. The molecular weight excluding hydrogens is 320 g/mol. The monoisotopic (exact) mass is 346 g/mol. The van der Waals surface area contributed by atoms with Gasteiger partial charge in [-0.3, -0.25) is 10.1 Å². The molecule has 0 radical (unpaired) electrons. The Balaban J connectivity index is 1.84. The number of benzene rings is 1. The van der Waals surface area contributed by atoms with Gasteiger partial charge in [0.15, 0.2) is 6.10 Å². The summed E-state index contributed by atoms with van der Waals surface area (Å²) < 4.78 is 5.18. The molecule has 6 nitrogen and oxygen atoms in total. The highest BCUT2D eigenvalue weighted by Gasteiger charge is 2.23. The summed E-state index contributed by atoms with van der Waals surface area (Å²) >= 11 is 0. The molecule has 2 rings (SSSR count). The second kappa shape index (κ2) is 8.65. The zero-order valence-corrected chi connectivity index (χ0v) is 15.1. The Kier molecular flexibility index (Phi) is 6.56. The van der Waals surface area contributed by atoms with E-state index in [1.807, 2.05) is 26.0 Å². The lowest BCUT2D eigenvalue weighted by atomic mass is 9.96. The first kappa shape index (κ1) is 19.0. The van der Waals surface area contributed by atoms with Gasteiger partial charge in [-0.1, -0.05) is 37.0 Å². The number of hydrogen-bond donors (Lipinski definition) is 2. The van der Waals surface area contributed by atoms with E-state index in [0.717, 1.165) is 36.8 Å². The third-order valence-electron chi connectivity index (χ3n) is 4.43. The number of amides is 3. The van der Waals surface area contributed by atoms with Crippen molar-refractivity contribution in [3.05, 3.63) is 34.9 Å². The zero-order chi connectivity index (χ0) is 18.4. The van der Waals surface area contributed by atoms with E-state index in [1.54, 1.807) is 6.07 Å². The van der Waals surface area contributed by atoms with Gasteiger partial charge in [-0.25, -0.2) is 9.59 Å². The molecular formula is C19H26N2O4. The van der Waals surface area contributed by atoms with E-state index in [-0.39, 0.29) is 6.04 Å². The number of carbonyl (C=O) groups excluding carboxylic acids is 3. The number of urea groups is 1. The highest BCUT2D eigenvalue weighted by Crippen LogP contribution is 2.17. The summed E-state index contributed by atoms with van der Waals surface area (Å²) in [5.41, 5.74) is 2.24. The fraction of sp³-hybridized carbons (Fsp3) is 0.526. The number of esters is 1. The van der Waals surface area contributed by atoms with E-state index in [4.69, 9.17) is 4.74 Å². The van der Waals surface area contributed by atoms with Gasteiger partial charge in [0.25, 0.3) is 5.91 Å². The van der Waals surface area contributed by atoms with Crippen molar-refractivity contribution in [2.45, 2.75) is 65.0 Å². The lowest BCUT2D eigenvalue weighted by Gasteiger charge is -2.23. The van der Waals surface area contributed by atoms with Gasteiger partial charge in [-0.05, 0) is 45.2 Å². The molecule has 6 heteroatoms. The van der Waals surface area contributed by atoms with Gasteiger partial charge in [0.2, 0.25) is 0 Å². The van der Waals surface area contributed by atoms with Crippen LogP contribution in [0.2, 0.25) is 0 Å². The van der Waals surface area contributed by atoms with Gasteiger partial charge in [-0.15, -0.1) is 0 Å². The van der Waals surface area contributed by atoms with Crippen molar-refractivity contribution < 1.29 is 19.1 Å². The minimum absolute atomic E-state index is 0.106. The van der Waals surface area contributed by atoms with Crippen LogP contribution >= 0.6 is 0 Å². The molecule has 1 aliphatic carbocycles. The minimum Gasteiger partial charge on any atom is -0.449 e. The molecule has 0 unspecified atom stereocenters. The van der Waals surface area contributed by atoms with Crippen LogP contribution in [0.5, 0.6) is 0 Å². The molecule has 25 heavy (non-hydrogen) atoms. The van der Waals surface area contributed by atoms with Crippen LogP contribution in [-0.2, 0) is 9.53 Å². The second-order valence-corrected chi connectivity index (χ2v) is 6.66. The van der Waals surface area contributed by atoms with E-state index in [1.165, 1.54) is 13.3 Å². The third kappa shape index (κ3) is 5.59. The molecule has 1 aliphatic rings. The summed E-state index contributed by atoms with van der Waals surface area (Å²) in [6.07, 6.45) is 4.17. The fourth-order valence-electron chi connectivity index (χ4n) is 3.00. The molecule has 0 aliphatic heterocycles. The fourth-order valence-corrected chi connectivity index (χ4v) is 3.00. The van der Waals surface area contributed by atoms with Gasteiger partial charge >= 0.3 is 12.0 Å². The topological polar surface area (TPSA) is 84.5 Å². The number of carbonyl (C=O) groups is 3. The molecule has 0 bridgehead atoms. The molecule has 2 N–H and O–H groups in total. The predicted molar refractivity (Wildman–Crippen MR) is 94.3 cm³/mol. The average Bonchev–Trinajstić information content (AvgIpc) is 2.55. The molecule has 0 spiro atoms. The normalized spacial score (nSPS) is 16.0. The minimum atomic E-state index is -1.05. The average molecular weight is 346 g/mol. The van der Waals surface area contributed by atoms with Crippen molar-refractivity contribution in [3.63, 3.8) is 0 Å². The molecule has 1 aromatic rings. The molecule has 1 atom stereocenters. The van der Waals surface area contributed by atoms with Gasteiger partial charge in [0.05, 0.1) is 5.56 Å². The Bertz CT molecular complexity index is 651. The smallest absolute Gasteiger partial charge is 0.339 e. The SMILES string of the molecule is Cc1ccc(C(=O)O[C@@H](C)C(=O)NC(=O)NC2CCCCC2)c(C)c1. The van der Waals surface area contributed by atoms with E-state index >= 15 is 0 Å². The number of hydrogen-bond acceptors (Lipinski definition) is 4. The lowest BCUT2D eigenvalue weighted by molar-refractivity contribution is -0.127. The Morgan fingerprint density at radius 2 is 1.80 bits per heavy atom. The van der Waals surface area contributed by atoms with Crippen LogP contribution in [0.25, 0.3) is 0 Å². The number of rotatable bonds is 4. The molecule has 1 fully saturated rings. The van der Waals surface area contributed by atoms with E-state index in [2.05, 4.69) is 10.6 Å². The first-order valence-corrected chi connectivity index (χ1v) is 8.76. The summed E-state index contributed by atoms with van der Waals surface area (Å²) in [4.78, 5) is 36.1. The van der Waals surface area contributed by atoms with Crippen molar-refractivity contribution in [1.82, 2.24) is 10.6 Å². The molecule has 0 heterocycles. The Labute approximate surface area is 148 Å². The quantitative estimate of drug-likeness (QED) is 0.821. The first-order chi connectivity index (χ1) is 11.9. The summed E-state index contributed by atoms with van der Waals surface area (Å²) in [6, 6.07) is 4.93. The van der Waals surface area contributed by atoms with Crippen molar-refractivity contribution in [2.24, 2.45) is 0 Å². The summed E-state index contributed by atoms with van der Waals surface area (Å²) in [7, 11) is 0. The molecule has 0 aromatic heterocycles. The molecule has 136 valence electrons. The Morgan fingerprint density at radius 3 is 2.44 bits per heavy atom. The standard InChI is InChI=1S/C19H26N2O4/c1-12-9-10-16(13(2)11-12)18(23)25-14(3)17(22)21-19(24)20-15-7-5-4-6-8-15/h9-11,14-15H,4-8H2,1-3H3,(H2,20,21,22,24)/t14-/m0/s1. The van der Waals surface area contributed by atoms with Crippen molar-refractivity contribution in [2.75, 3.05) is 0 Å². The van der Waals surface area contributed by atoms with Crippen LogP contribution < -0.4 is 10.6 Å². The maximum absolute atomic E-state index is 12.2. The van der Waals surface area contributed by atoms with Gasteiger partial charge in [-0.2, -0.15) is 0 Å². The van der Waals surface area contributed by atoms with E-state index < -0.39 is 24.0 Å². The highest BCUT2D eigenvalue weighted by atomic mass is 16.5. The number of ether oxygens (including phenoxy) is 1. The Hall–Kier alpha value is -2.37. The van der Waals surface area contributed by atoms with E-state index in [0.29, 0.717) is 5.56 Å². The van der Waals surface area contributed by atoms with E-state index in [9.17, 15) is 14.4 Å². The molecule has 1 aromatic carbocycles. The van der Waals surface area contributed by atoms with Crippen LogP contribution in [0.15, 0.2) is 18.2 Å². The zero-order valence-electron chi connectivity index (χ0n) is 15.1. The van der Waals surface area contributed by atoms with Crippen molar-refractivity contribution in [3.8, 4) is 0 Å². The van der Waals surface area contributed by atoms with Gasteiger partial charge in [0.1, 0.15) is 0 Å². The Morgan fingerprint density at radius 1 is 1.12 bits per heavy atom. The van der Waals surface area contributed by atoms with Gasteiger partial charge < -0.3 is 10.1 Å². The largest absolute Gasteiger partial charge is 0.449 e. The van der Waals surface area contributed by atoms with Crippen LogP contribution in [-0.4, -0.2) is 30.1 Å². The number of imide groups is 1. The van der Waals surface area contributed by atoms with Crippen LogP contribution in [0.4, 0.5) is 4.79 Å². The van der Waals surface area contributed by atoms with Crippen LogP contribution in [0, 0.1) is 13.8 Å². The highest BCUT2D eigenvalue weighted by molar-refractivity contribution is 5.98. The number of aryl methyl sites for hydroxylation is 2. The first-order valence-electron chi connectivity index (χ1n) is 8.76. The van der Waals surface area contributed by atoms with Crippen molar-refractivity contribution >= 4 is 17.9 Å². The lowest BCUT2D eigenvalue weighted by Crippen LogP contribution is -2.48. The molecule has 1 saturated carbocycles. The summed E-state index contributed by atoms with van der Waals surface area (Å²) in [5, 5.41) is 5.03. The maximum atomic E-state index is 12.2. The van der Waals surface area contributed by atoms with Crippen LogP contribution in [0.3, 0.4) is 0 Å². The maximum Gasteiger partial charge on any atom is 0.339 e. The summed E-state index contributed by atoms with van der Waals surface area (Å²) in [6.45, 7) is 5.19. The second-order valence-electron chi connectivity index (χ2n) is 6.66. The number of nitrogens with one attached hydrogen (secondary N) is 2. The third-order valence-corrected chi connectivity index (χ3v) is 4.43. The predicted octanol–water partition coefficient (Wildman–Crippen LogP) is 3.01. The van der Waals surface area contributed by atoms with Crippen LogP contribution in [0.1, 0.15) is 60.5 Å². The molecule has 3 amide bonds.